The zero-order chi connectivity index (χ0) is 21.2. The Morgan fingerprint density at radius 3 is 2.43 bits per heavy atom. The molecule has 4 nitrogen and oxygen atoms in total. The molecule has 0 N–H and O–H groups in total. The molecule has 2 rings (SSSR count). The van der Waals surface area contributed by atoms with Gasteiger partial charge in [-0.15, -0.1) is 11.8 Å². The number of rotatable bonds is 4. The molecule has 1 aliphatic rings. The summed E-state index contributed by atoms with van der Waals surface area (Å²) in [5.41, 5.74) is -3.16. The van der Waals surface area contributed by atoms with Crippen molar-refractivity contribution in [2.75, 3.05) is 5.75 Å². The summed E-state index contributed by atoms with van der Waals surface area (Å²) in [6.45, 7) is 3.38. The Hall–Kier alpha value is -2.09. The van der Waals surface area contributed by atoms with Crippen LogP contribution < -0.4 is 0 Å². The zero-order valence-electron chi connectivity index (χ0n) is 14.9. The van der Waals surface area contributed by atoms with E-state index in [-0.39, 0.29) is 17.2 Å². The van der Waals surface area contributed by atoms with E-state index >= 15 is 0 Å². The fraction of sp³-hybridized carbons (Fsp3) is 0.529. The van der Waals surface area contributed by atoms with Gasteiger partial charge in [-0.25, -0.2) is 4.99 Å². The van der Waals surface area contributed by atoms with Crippen molar-refractivity contribution in [2.24, 2.45) is 15.2 Å². The second-order valence-electron chi connectivity index (χ2n) is 6.05. The molecule has 0 amide bonds. The number of nitrogens with zero attached hydrogens (tertiary/aromatic N) is 4. The molecule has 0 fully saturated rings. The average molecular weight is 422 g/mol. The molecule has 0 aromatic heterocycles. The third kappa shape index (κ3) is 4.66. The molecule has 0 saturated heterocycles. The highest BCUT2D eigenvalue weighted by atomic mass is 32.2. The van der Waals surface area contributed by atoms with Crippen LogP contribution in [0.25, 0.3) is 0 Å². The van der Waals surface area contributed by atoms with Gasteiger partial charge in [-0.3, -0.25) is 0 Å². The van der Waals surface area contributed by atoms with Crippen LogP contribution in [0.2, 0.25) is 0 Å². The van der Waals surface area contributed by atoms with Crippen LogP contribution in [0.15, 0.2) is 33.4 Å². The van der Waals surface area contributed by atoms with Gasteiger partial charge in [-0.1, -0.05) is 13.8 Å². The molecule has 0 radical (unpaired) electrons. The summed E-state index contributed by atoms with van der Waals surface area (Å²) in [5.74, 6) is 0.440. The number of halogens is 6. The number of nitriles is 1. The highest BCUT2D eigenvalue weighted by molar-refractivity contribution is 8.14. The van der Waals surface area contributed by atoms with Crippen molar-refractivity contribution in [2.45, 2.75) is 50.6 Å². The van der Waals surface area contributed by atoms with Crippen LogP contribution >= 0.6 is 11.8 Å². The lowest BCUT2D eigenvalue weighted by Gasteiger charge is -2.25. The summed E-state index contributed by atoms with van der Waals surface area (Å²) < 4.78 is 78.6. The number of thioether (sulfide) groups is 1. The van der Waals surface area contributed by atoms with E-state index in [9.17, 15) is 26.3 Å². The zero-order valence-corrected chi connectivity index (χ0v) is 15.7. The lowest BCUT2D eigenvalue weighted by Crippen LogP contribution is -2.37. The number of aliphatic imine (C=N–C) groups is 1. The van der Waals surface area contributed by atoms with Gasteiger partial charge in [-0.05, 0) is 30.4 Å². The number of benzene rings is 1. The summed E-state index contributed by atoms with van der Waals surface area (Å²) in [5, 5.41) is 16.2. The lowest BCUT2D eigenvalue weighted by atomic mass is 9.91. The van der Waals surface area contributed by atoms with Crippen LogP contribution in [0.3, 0.4) is 0 Å². The third-order valence-corrected chi connectivity index (χ3v) is 5.25. The maximum Gasteiger partial charge on any atom is 0.417 e. The summed E-state index contributed by atoms with van der Waals surface area (Å²) in [4.78, 5) is 4.19. The van der Waals surface area contributed by atoms with Crippen LogP contribution in [0, 0.1) is 11.3 Å². The van der Waals surface area contributed by atoms with Gasteiger partial charge in [-0.2, -0.15) is 41.8 Å². The van der Waals surface area contributed by atoms with E-state index < -0.39 is 41.5 Å². The molecule has 1 aromatic carbocycles. The Balaban J connectivity index is 2.51. The van der Waals surface area contributed by atoms with Gasteiger partial charge in [0.2, 0.25) is 0 Å². The minimum absolute atomic E-state index is 0.110. The summed E-state index contributed by atoms with van der Waals surface area (Å²) in [6, 6.07) is 2.43. The van der Waals surface area contributed by atoms with E-state index in [1.54, 1.807) is 13.8 Å². The van der Waals surface area contributed by atoms with Crippen molar-refractivity contribution < 1.29 is 26.3 Å². The van der Waals surface area contributed by atoms with Gasteiger partial charge < -0.3 is 0 Å². The van der Waals surface area contributed by atoms with Crippen LogP contribution in [0.1, 0.15) is 37.8 Å². The number of hydrogen-bond donors (Lipinski definition) is 0. The van der Waals surface area contributed by atoms with E-state index in [2.05, 4.69) is 15.2 Å². The summed E-state index contributed by atoms with van der Waals surface area (Å²) in [7, 11) is 0. The summed E-state index contributed by atoms with van der Waals surface area (Å²) >= 11 is 1.11. The second kappa shape index (κ2) is 8.11. The predicted molar refractivity (Wildman–Crippen MR) is 93.7 cm³/mol. The number of azo groups is 1. The Bertz CT molecular complexity index is 824. The highest BCUT2D eigenvalue weighted by Gasteiger charge is 2.51. The molecule has 11 heteroatoms. The fourth-order valence-electron chi connectivity index (χ4n) is 2.72. The Kier molecular flexibility index (Phi) is 6.43. The molecule has 0 aliphatic carbocycles. The molecule has 1 aromatic rings. The van der Waals surface area contributed by atoms with Crippen molar-refractivity contribution in [3.8, 4) is 6.07 Å². The molecule has 0 spiro atoms. The number of alkyl halides is 6. The molecule has 1 heterocycles. The van der Waals surface area contributed by atoms with Crippen molar-refractivity contribution in [1.29, 1.82) is 5.26 Å². The van der Waals surface area contributed by atoms with Gasteiger partial charge in [0, 0.05) is 6.42 Å². The quantitative estimate of drug-likeness (QED) is 0.325. The molecule has 0 bridgehead atoms. The smallest absolute Gasteiger partial charge is 0.244 e. The minimum atomic E-state index is -4.76. The maximum absolute atomic E-state index is 13.2. The lowest BCUT2D eigenvalue weighted by molar-refractivity contribution is -0.147. The molecular weight excluding hydrogens is 406 g/mol. The molecule has 2 unspecified atom stereocenters. The average Bonchev–Trinajstić information content (AvgIpc) is 3.07. The van der Waals surface area contributed by atoms with E-state index in [0.29, 0.717) is 11.8 Å². The first kappa shape index (κ1) is 22.2. The Labute approximate surface area is 161 Å². The largest absolute Gasteiger partial charge is 0.417 e. The number of hydrogen-bond acceptors (Lipinski definition) is 5. The first-order valence-electron chi connectivity index (χ1n) is 8.29. The Morgan fingerprint density at radius 2 is 1.96 bits per heavy atom. The highest BCUT2D eigenvalue weighted by Crippen LogP contribution is 2.43. The summed E-state index contributed by atoms with van der Waals surface area (Å²) in [6.07, 6.45) is -9.59. The van der Waals surface area contributed by atoms with Crippen LogP contribution in [-0.2, 0) is 6.18 Å². The molecule has 1 aliphatic heterocycles. The topological polar surface area (TPSA) is 60.9 Å². The maximum atomic E-state index is 13.2. The molecule has 2 atom stereocenters. The second-order valence-corrected chi connectivity index (χ2v) is 7.30. The standard InChI is InChI=1S/C17H16F6N4S/c1-3-15(8-13(26-27-15)17(21,22)23)14(28-4-2)25-11-6-5-10(9-24)12(7-11)16(18,19)20/h5-7,13H,3-4,8H2,1-2H3. The van der Waals surface area contributed by atoms with Gasteiger partial charge in [0.25, 0.3) is 0 Å². The molecule has 28 heavy (non-hydrogen) atoms. The van der Waals surface area contributed by atoms with Crippen LogP contribution in [-0.4, -0.2) is 28.6 Å². The molecular formula is C17H16F6N4S. The van der Waals surface area contributed by atoms with Gasteiger partial charge in [0.1, 0.15) is 10.6 Å². The molecule has 152 valence electrons. The first-order chi connectivity index (χ1) is 13.0. The normalized spacial score (nSPS) is 23.1. The third-order valence-electron chi connectivity index (χ3n) is 4.22. The van der Waals surface area contributed by atoms with E-state index in [0.717, 1.165) is 17.8 Å². The SMILES string of the molecule is CCSC(=Nc1ccc(C#N)c(C(F)(F)F)c1)C1(CC)CC(C(F)(F)F)N=N1. The van der Waals surface area contributed by atoms with E-state index in [1.807, 2.05) is 0 Å². The Morgan fingerprint density at radius 1 is 1.29 bits per heavy atom. The van der Waals surface area contributed by atoms with Gasteiger partial charge in [0.15, 0.2) is 6.04 Å². The molecule has 0 saturated carbocycles. The van der Waals surface area contributed by atoms with Crippen molar-refractivity contribution >= 4 is 22.5 Å². The van der Waals surface area contributed by atoms with Gasteiger partial charge >= 0.3 is 12.4 Å². The van der Waals surface area contributed by atoms with E-state index in [1.165, 1.54) is 12.1 Å². The van der Waals surface area contributed by atoms with Crippen LogP contribution in [0.4, 0.5) is 32.0 Å². The van der Waals surface area contributed by atoms with Crippen LogP contribution in [0.5, 0.6) is 0 Å². The predicted octanol–water partition coefficient (Wildman–Crippen LogP) is 6.30. The monoisotopic (exact) mass is 422 g/mol. The fourth-order valence-corrected chi connectivity index (χ4v) is 3.70. The van der Waals surface area contributed by atoms with E-state index in [4.69, 9.17) is 5.26 Å². The van der Waals surface area contributed by atoms with Crippen molar-refractivity contribution in [3.05, 3.63) is 29.3 Å². The van der Waals surface area contributed by atoms with Gasteiger partial charge in [0.05, 0.1) is 22.9 Å². The van der Waals surface area contributed by atoms with Crippen molar-refractivity contribution in [3.63, 3.8) is 0 Å². The van der Waals surface area contributed by atoms with Crippen molar-refractivity contribution in [1.82, 2.24) is 0 Å². The minimum Gasteiger partial charge on any atom is -0.244 e. The first-order valence-corrected chi connectivity index (χ1v) is 9.27.